The minimum atomic E-state index is -0.996. The summed E-state index contributed by atoms with van der Waals surface area (Å²) >= 11 is 0. The molecule has 0 aliphatic heterocycles. The summed E-state index contributed by atoms with van der Waals surface area (Å²) < 4.78 is 0. The highest BCUT2D eigenvalue weighted by molar-refractivity contribution is 5.81. The molecule has 0 aromatic carbocycles. The van der Waals surface area contributed by atoms with Crippen molar-refractivity contribution < 1.29 is 14.7 Å². The molecular weight excluding hydrogens is 208 g/mol. The van der Waals surface area contributed by atoms with Crippen molar-refractivity contribution in [2.75, 3.05) is 20.1 Å². The second-order valence-electron chi connectivity index (χ2n) is 4.58. The lowest BCUT2D eigenvalue weighted by Crippen LogP contribution is -2.34. The van der Waals surface area contributed by atoms with E-state index in [-0.39, 0.29) is 18.4 Å². The van der Waals surface area contributed by atoms with Crippen LogP contribution in [0.3, 0.4) is 0 Å². The third-order valence-corrected chi connectivity index (χ3v) is 2.40. The molecule has 0 radical (unpaired) electrons. The number of nitrogens with two attached hydrogens (primary N) is 1. The van der Waals surface area contributed by atoms with E-state index in [1.165, 1.54) is 11.9 Å². The Bertz CT molecular complexity index is 241. The van der Waals surface area contributed by atoms with Crippen molar-refractivity contribution in [3.63, 3.8) is 0 Å². The van der Waals surface area contributed by atoms with Crippen LogP contribution in [0.5, 0.6) is 0 Å². The first-order valence-corrected chi connectivity index (χ1v) is 5.52. The zero-order valence-electron chi connectivity index (χ0n) is 10.3. The molecule has 0 aliphatic rings. The third kappa shape index (κ3) is 6.40. The molecule has 0 aliphatic carbocycles. The van der Waals surface area contributed by atoms with Crippen LogP contribution in [0.2, 0.25) is 0 Å². The lowest BCUT2D eigenvalue weighted by Gasteiger charge is -2.20. The molecule has 0 aromatic heterocycles. The lowest BCUT2D eigenvalue weighted by atomic mass is 9.94. The fourth-order valence-corrected chi connectivity index (χ4v) is 1.62. The van der Waals surface area contributed by atoms with Crippen LogP contribution in [-0.2, 0) is 9.59 Å². The quantitative estimate of drug-likeness (QED) is 0.668. The molecule has 0 saturated heterocycles. The molecule has 0 rings (SSSR count). The minimum Gasteiger partial charge on any atom is -0.480 e. The van der Waals surface area contributed by atoms with Gasteiger partial charge < -0.3 is 15.7 Å². The summed E-state index contributed by atoms with van der Waals surface area (Å²) in [6, 6.07) is 0. The van der Waals surface area contributed by atoms with Gasteiger partial charge in [-0.05, 0) is 24.8 Å². The summed E-state index contributed by atoms with van der Waals surface area (Å²) in [4.78, 5) is 23.3. The van der Waals surface area contributed by atoms with Crippen LogP contribution in [-0.4, -0.2) is 42.0 Å². The van der Waals surface area contributed by atoms with Crippen LogP contribution in [0, 0.1) is 11.8 Å². The van der Waals surface area contributed by atoms with Crippen LogP contribution in [0.1, 0.15) is 26.7 Å². The Hall–Kier alpha value is -1.10. The topological polar surface area (TPSA) is 83.6 Å². The summed E-state index contributed by atoms with van der Waals surface area (Å²) in [5.74, 6) is -0.516. The molecule has 0 aromatic rings. The second kappa shape index (κ2) is 7.22. The predicted molar refractivity (Wildman–Crippen MR) is 61.9 cm³/mol. The lowest BCUT2D eigenvalue weighted by molar-refractivity contribution is -0.143. The van der Waals surface area contributed by atoms with Crippen LogP contribution in [0.4, 0.5) is 0 Å². The molecule has 5 heteroatoms. The molecule has 1 atom stereocenters. The van der Waals surface area contributed by atoms with Crippen LogP contribution in [0.15, 0.2) is 0 Å². The summed E-state index contributed by atoms with van der Waals surface area (Å²) in [5.41, 5.74) is 5.58. The van der Waals surface area contributed by atoms with Gasteiger partial charge in [-0.1, -0.05) is 13.8 Å². The van der Waals surface area contributed by atoms with Gasteiger partial charge >= 0.3 is 5.97 Å². The van der Waals surface area contributed by atoms with Crippen molar-refractivity contribution in [1.82, 2.24) is 4.90 Å². The molecule has 0 bridgehead atoms. The Morgan fingerprint density at radius 1 is 1.38 bits per heavy atom. The van der Waals surface area contributed by atoms with Gasteiger partial charge in [0.1, 0.15) is 6.54 Å². The molecule has 0 spiro atoms. The maximum Gasteiger partial charge on any atom is 0.323 e. The fraction of sp³-hybridized carbons (Fsp3) is 0.818. The van der Waals surface area contributed by atoms with Gasteiger partial charge in [0.2, 0.25) is 5.91 Å². The average Bonchev–Trinajstić information content (AvgIpc) is 2.14. The van der Waals surface area contributed by atoms with Crippen molar-refractivity contribution in [2.24, 2.45) is 17.6 Å². The number of rotatable bonds is 7. The Labute approximate surface area is 96.6 Å². The zero-order chi connectivity index (χ0) is 12.7. The van der Waals surface area contributed by atoms with Crippen molar-refractivity contribution in [2.45, 2.75) is 26.7 Å². The molecule has 0 fully saturated rings. The number of likely N-dealkylation sites (N-methyl/N-ethyl adjacent to an activating group) is 1. The van der Waals surface area contributed by atoms with Gasteiger partial charge in [-0.25, -0.2) is 0 Å². The van der Waals surface area contributed by atoms with E-state index in [2.05, 4.69) is 13.8 Å². The smallest absolute Gasteiger partial charge is 0.323 e. The first-order chi connectivity index (χ1) is 7.36. The summed E-state index contributed by atoms with van der Waals surface area (Å²) in [6.45, 7) is 4.37. The molecule has 0 heterocycles. The first-order valence-electron chi connectivity index (χ1n) is 5.52. The monoisotopic (exact) mass is 230 g/mol. The fourth-order valence-electron chi connectivity index (χ4n) is 1.62. The van der Waals surface area contributed by atoms with E-state index in [1.807, 2.05) is 0 Å². The number of hydrogen-bond acceptors (Lipinski definition) is 3. The Kier molecular flexibility index (Phi) is 6.72. The molecular formula is C11H22N2O3. The Balaban J connectivity index is 4.13. The second-order valence-corrected chi connectivity index (χ2v) is 4.58. The van der Waals surface area contributed by atoms with Gasteiger partial charge in [0.25, 0.3) is 0 Å². The number of carboxylic acids is 1. The minimum absolute atomic E-state index is 0.142. The molecule has 94 valence electrons. The van der Waals surface area contributed by atoms with Gasteiger partial charge in [-0.3, -0.25) is 9.59 Å². The molecule has 5 nitrogen and oxygen atoms in total. The average molecular weight is 230 g/mol. The van der Waals surface area contributed by atoms with E-state index in [0.29, 0.717) is 18.9 Å². The van der Waals surface area contributed by atoms with Crippen LogP contribution in [0.25, 0.3) is 0 Å². The SMILES string of the molecule is CC(C)CC(CN)CC(=O)N(C)CC(=O)O. The van der Waals surface area contributed by atoms with E-state index < -0.39 is 5.97 Å². The molecule has 16 heavy (non-hydrogen) atoms. The summed E-state index contributed by atoms with van der Waals surface area (Å²) in [5, 5.41) is 8.55. The van der Waals surface area contributed by atoms with Crippen molar-refractivity contribution in [1.29, 1.82) is 0 Å². The molecule has 1 unspecified atom stereocenters. The number of nitrogens with zero attached hydrogens (tertiary/aromatic N) is 1. The first kappa shape index (κ1) is 14.9. The normalized spacial score (nSPS) is 12.6. The number of carbonyl (C=O) groups excluding carboxylic acids is 1. The van der Waals surface area contributed by atoms with Crippen LogP contribution < -0.4 is 5.73 Å². The van der Waals surface area contributed by atoms with E-state index in [0.717, 1.165) is 6.42 Å². The standard InChI is InChI=1S/C11H22N2O3/c1-8(2)4-9(6-12)5-10(14)13(3)7-11(15)16/h8-9H,4-7,12H2,1-3H3,(H,15,16). The molecule has 1 amide bonds. The van der Waals surface area contributed by atoms with E-state index in [4.69, 9.17) is 10.8 Å². The number of amides is 1. The highest BCUT2D eigenvalue weighted by Crippen LogP contribution is 2.15. The highest BCUT2D eigenvalue weighted by atomic mass is 16.4. The molecule has 0 saturated carbocycles. The number of carbonyl (C=O) groups is 2. The number of carboxylic acid groups (broad SMARTS) is 1. The maximum absolute atomic E-state index is 11.6. The van der Waals surface area contributed by atoms with Gasteiger partial charge in [0, 0.05) is 13.5 Å². The van der Waals surface area contributed by atoms with Crippen molar-refractivity contribution >= 4 is 11.9 Å². The third-order valence-electron chi connectivity index (χ3n) is 2.40. The number of hydrogen-bond donors (Lipinski definition) is 2. The number of aliphatic carboxylic acids is 1. The van der Waals surface area contributed by atoms with E-state index in [1.54, 1.807) is 0 Å². The van der Waals surface area contributed by atoms with Gasteiger partial charge in [-0.15, -0.1) is 0 Å². The van der Waals surface area contributed by atoms with Crippen LogP contribution >= 0.6 is 0 Å². The zero-order valence-corrected chi connectivity index (χ0v) is 10.3. The molecule has 3 N–H and O–H groups in total. The largest absolute Gasteiger partial charge is 0.480 e. The summed E-state index contributed by atoms with van der Waals surface area (Å²) in [7, 11) is 1.50. The van der Waals surface area contributed by atoms with E-state index >= 15 is 0 Å². The van der Waals surface area contributed by atoms with E-state index in [9.17, 15) is 9.59 Å². The Morgan fingerprint density at radius 3 is 2.31 bits per heavy atom. The van der Waals surface area contributed by atoms with Crippen molar-refractivity contribution in [3.8, 4) is 0 Å². The summed E-state index contributed by atoms with van der Waals surface area (Å²) in [6.07, 6.45) is 1.22. The van der Waals surface area contributed by atoms with Gasteiger partial charge in [0.15, 0.2) is 0 Å². The predicted octanol–water partition coefficient (Wildman–Crippen LogP) is 0.541. The van der Waals surface area contributed by atoms with Gasteiger partial charge in [-0.2, -0.15) is 0 Å². The highest BCUT2D eigenvalue weighted by Gasteiger charge is 2.18. The van der Waals surface area contributed by atoms with Gasteiger partial charge in [0.05, 0.1) is 0 Å². The Morgan fingerprint density at radius 2 is 1.94 bits per heavy atom. The maximum atomic E-state index is 11.6. The van der Waals surface area contributed by atoms with Crippen molar-refractivity contribution in [3.05, 3.63) is 0 Å².